The van der Waals surface area contributed by atoms with Gasteiger partial charge < -0.3 is 10.1 Å². The molecule has 0 aromatic carbocycles. The summed E-state index contributed by atoms with van der Waals surface area (Å²) < 4.78 is 6.75. The molecule has 1 N–H and O–H groups in total. The number of hydrogen-bond donors (Lipinski definition) is 1. The first-order valence-corrected chi connectivity index (χ1v) is 6.89. The average molecular weight is 269 g/mol. The Labute approximate surface area is 112 Å². The van der Waals surface area contributed by atoms with Crippen molar-refractivity contribution in [2.75, 3.05) is 32.6 Å². The minimum atomic E-state index is 0.712. The van der Waals surface area contributed by atoms with Crippen molar-refractivity contribution in [1.29, 1.82) is 0 Å². The average Bonchev–Trinajstić information content (AvgIpc) is 2.82. The van der Waals surface area contributed by atoms with Crippen molar-refractivity contribution in [3.05, 3.63) is 0 Å². The van der Waals surface area contributed by atoms with Crippen molar-refractivity contribution in [3.8, 4) is 12.3 Å². The van der Waals surface area contributed by atoms with E-state index < -0.39 is 0 Å². The minimum Gasteiger partial charge on any atom is -0.383 e. The standard InChI is InChI=1S/C11H19N5OS/c1-3-4-5-10-18-11-13-14-15-16(11)8-6-12-7-9-17-2/h1,12H,4-10H2,2H3. The molecule has 0 unspecified atom stereocenters. The fraction of sp³-hybridized carbons (Fsp3) is 0.727. The maximum atomic E-state index is 5.20. The van der Waals surface area contributed by atoms with E-state index in [1.807, 2.05) is 0 Å². The third-order valence-electron chi connectivity index (χ3n) is 2.18. The minimum absolute atomic E-state index is 0.712. The van der Waals surface area contributed by atoms with Gasteiger partial charge in [0.1, 0.15) is 0 Å². The fourth-order valence-electron chi connectivity index (χ4n) is 1.26. The molecule has 6 nitrogen and oxygen atoms in total. The van der Waals surface area contributed by atoms with Crippen LogP contribution in [0, 0.1) is 12.3 Å². The van der Waals surface area contributed by atoms with E-state index in [0.29, 0.717) is 6.61 Å². The van der Waals surface area contributed by atoms with E-state index in [1.54, 1.807) is 23.6 Å². The van der Waals surface area contributed by atoms with E-state index in [2.05, 4.69) is 26.8 Å². The number of nitrogens with zero attached hydrogens (tertiary/aromatic N) is 4. The highest BCUT2D eigenvalue weighted by Gasteiger charge is 2.05. The molecule has 0 saturated carbocycles. The van der Waals surface area contributed by atoms with Crippen LogP contribution in [0.1, 0.15) is 12.8 Å². The van der Waals surface area contributed by atoms with Crippen molar-refractivity contribution in [1.82, 2.24) is 25.5 Å². The second-order valence-corrected chi connectivity index (χ2v) is 4.65. The molecule has 0 amide bonds. The van der Waals surface area contributed by atoms with Crippen LogP contribution in [0.2, 0.25) is 0 Å². The smallest absolute Gasteiger partial charge is 0.209 e. The van der Waals surface area contributed by atoms with Crippen molar-refractivity contribution < 1.29 is 4.74 Å². The molecule has 0 fully saturated rings. The van der Waals surface area contributed by atoms with Crippen molar-refractivity contribution >= 4 is 11.8 Å². The monoisotopic (exact) mass is 269 g/mol. The molecule has 0 bridgehead atoms. The Morgan fingerprint density at radius 3 is 3.17 bits per heavy atom. The molecule has 0 aliphatic carbocycles. The lowest BCUT2D eigenvalue weighted by Crippen LogP contribution is -2.24. The molecule has 1 heterocycles. The summed E-state index contributed by atoms with van der Waals surface area (Å²) in [5.41, 5.74) is 0. The van der Waals surface area contributed by atoms with Crippen molar-refractivity contribution in [2.24, 2.45) is 0 Å². The molecule has 1 aromatic heterocycles. The molecule has 0 atom stereocenters. The van der Waals surface area contributed by atoms with E-state index in [9.17, 15) is 0 Å². The fourth-order valence-corrected chi connectivity index (χ4v) is 2.10. The highest BCUT2D eigenvalue weighted by molar-refractivity contribution is 7.99. The number of rotatable bonds is 10. The normalized spacial score (nSPS) is 10.4. The van der Waals surface area contributed by atoms with Gasteiger partial charge in [-0.3, -0.25) is 0 Å². The summed E-state index contributed by atoms with van der Waals surface area (Å²) in [7, 11) is 1.69. The lowest BCUT2D eigenvalue weighted by molar-refractivity contribution is 0.199. The summed E-state index contributed by atoms with van der Waals surface area (Å²) in [6, 6.07) is 0. The Balaban J connectivity index is 2.20. The number of unbranched alkanes of at least 4 members (excludes halogenated alkanes) is 1. The first-order valence-electron chi connectivity index (χ1n) is 5.90. The maximum Gasteiger partial charge on any atom is 0.209 e. The molecule has 0 spiro atoms. The molecular formula is C11H19N5OS. The van der Waals surface area contributed by atoms with Crippen LogP contribution in [-0.4, -0.2) is 52.8 Å². The zero-order valence-corrected chi connectivity index (χ0v) is 11.4. The third-order valence-corrected chi connectivity index (χ3v) is 3.22. The Kier molecular flexibility index (Phi) is 8.21. The lowest BCUT2D eigenvalue weighted by Gasteiger charge is -2.05. The summed E-state index contributed by atoms with van der Waals surface area (Å²) in [4.78, 5) is 0. The van der Waals surface area contributed by atoms with Crippen LogP contribution in [0.3, 0.4) is 0 Å². The number of methoxy groups -OCH3 is 1. The van der Waals surface area contributed by atoms with Gasteiger partial charge in [0.25, 0.3) is 0 Å². The maximum absolute atomic E-state index is 5.20. The molecule has 0 radical (unpaired) electrons. The van der Waals surface area contributed by atoms with Crippen molar-refractivity contribution in [3.63, 3.8) is 0 Å². The van der Waals surface area contributed by atoms with Gasteiger partial charge in [-0.1, -0.05) is 11.8 Å². The summed E-state index contributed by atoms with van der Waals surface area (Å²) in [6.07, 6.45) is 6.99. The molecule has 7 heteroatoms. The van der Waals surface area contributed by atoms with Gasteiger partial charge in [-0.15, -0.1) is 17.4 Å². The molecule has 0 aliphatic heterocycles. The molecule has 100 valence electrons. The molecule has 18 heavy (non-hydrogen) atoms. The van der Waals surface area contributed by atoms with Crippen LogP contribution in [0.15, 0.2) is 5.16 Å². The van der Waals surface area contributed by atoms with Crippen LogP contribution >= 0.6 is 11.8 Å². The van der Waals surface area contributed by atoms with Gasteiger partial charge in [-0.05, 0) is 16.8 Å². The van der Waals surface area contributed by atoms with Gasteiger partial charge in [-0.2, -0.15) is 0 Å². The zero-order chi connectivity index (χ0) is 13.1. The van der Waals surface area contributed by atoms with Gasteiger partial charge >= 0.3 is 0 Å². The highest BCUT2D eigenvalue weighted by Crippen LogP contribution is 2.14. The van der Waals surface area contributed by atoms with Gasteiger partial charge in [0.15, 0.2) is 0 Å². The van der Waals surface area contributed by atoms with E-state index in [-0.39, 0.29) is 0 Å². The predicted octanol–water partition coefficient (Wildman–Crippen LogP) is 0.415. The van der Waals surface area contributed by atoms with Crippen LogP contribution in [0.25, 0.3) is 0 Å². The summed E-state index contributed by atoms with van der Waals surface area (Å²) in [5.74, 6) is 3.57. The van der Waals surface area contributed by atoms with Gasteiger partial charge in [0, 0.05) is 32.4 Å². The Morgan fingerprint density at radius 1 is 1.50 bits per heavy atom. The molecule has 0 saturated heterocycles. The Bertz CT molecular complexity index is 363. The number of thioether (sulfide) groups is 1. The second-order valence-electron chi connectivity index (χ2n) is 3.58. The van der Waals surface area contributed by atoms with E-state index in [0.717, 1.165) is 43.4 Å². The Morgan fingerprint density at radius 2 is 2.39 bits per heavy atom. The first kappa shape index (κ1) is 15.0. The number of nitrogens with one attached hydrogen (secondary N) is 1. The van der Waals surface area contributed by atoms with Gasteiger partial charge in [0.2, 0.25) is 5.16 Å². The van der Waals surface area contributed by atoms with E-state index in [1.165, 1.54) is 0 Å². The number of aromatic nitrogens is 4. The van der Waals surface area contributed by atoms with Crippen LogP contribution in [0.4, 0.5) is 0 Å². The number of terminal acetylenes is 1. The van der Waals surface area contributed by atoms with Crippen molar-refractivity contribution in [2.45, 2.75) is 24.5 Å². The highest BCUT2D eigenvalue weighted by atomic mass is 32.2. The lowest BCUT2D eigenvalue weighted by atomic mass is 10.4. The molecule has 0 aliphatic rings. The van der Waals surface area contributed by atoms with Crippen LogP contribution in [0.5, 0.6) is 0 Å². The largest absolute Gasteiger partial charge is 0.383 e. The predicted molar refractivity (Wildman–Crippen MR) is 71.4 cm³/mol. The molecule has 1 aromatic rings. The topological polar surface area (TPSA) is 64.9 Å². The quantitative estimate of drug-likeness (QED) is 0.377. The number of hydrogen-bond acceptors (Lipinski definition) is 6. The van der Waals surface area contributed by atoms with Gasteiger partial charge in [0.05, 0.1) is 13.2 Å². The van der Waals surface area contributed by atoms with E-state index >= 15 is 0 Å². The van der Waals surface area contributed by atoms with Gasteiger partial charge in [-0.25, -0.2) is 4.68 Å². The van der Waals surface area contributed by atoms with Crippen LogP contribution in [-0.2, 0) is 11.3 Å². The van der Waals surface area contributed by atoms with E-state index in [4.69, 9.17) is 11.2 Å². The number of ether oxygens (including phenoxy) is 1. The third kappa shape index (κ3) is 6.00. The summed E-state index contributed by atoms with van der Waals surface area (Å²) in [6.45, 7) is 3.13. The summed E-state index contributed by atoms with van der Waals surface area (Å²) in [5, 5.41) is 15.7. The first-order chi connectivity index (χ1) is 8.88. The van der Waals surface area contributed by atoms with Crippen LogP contribution < -0.4 is 5.32 Å². The second kappa shape index (κ2) is 9.88. The number of tetrazole rings is 1. The molecular weight excluding hydrogens is 250 g/mol. The molecule has 1 rings (SSSR count). The Hall–Kier alpha value is -1.10. The SMILES string of the molecule is C#CCCCSc1nnnn1CCNCCOC. The zero-order valence-electron chi connectivity index (χ0n) is 10.6. The summed E-state index contributed by atoms with van der Waals surface area (Å²) >= 11 is 1.64.